The van der Waals surface area contributed by atoms with Gasteiger partial charge < -0.3 is 28.2 Å². The molecule has 0 amide bonds. The van der Waals surface area contributed by atoms with Crippen molar-refractivity contribution in [1.29, 1.82) is 0 Å². The molecule has 0 spiro atoms. The van der Waals surface area contributed by atoms with Gasteiger partial charge in [-0.05, 0) is 22.2 Å². The van der Waals surface area contributed by atoms with Crippen molar-refractivity contribution in [3.63, 3.8) is 0 Å². The van der Waals surface area contributed by atoms with Gasteiger partial charge in [-0.3, -0.25) is 19.1 Å². The van der Waals surface area contributed by atoms with Gasteiger partial charge in [-0.15, -0.1) is 0 Å². The van der Waals surface area contributed by atoms with Crippen LogP contribution in [0.4, 0.5) is 5.95 Å². The first-order chi connectivity index (χ1) is 17.3. The van der Waals surface area contributed by atoms with Gasteiger partial charge in [0.25, 0.3) is 5.56 Å². The van der Waals surface area contributed by atoms with Crippen LogP contribution in [0.1, 0.15) is 61.6 Å². The maximum atomic E-state index is 12.4. The Labute approximate surface area is 218 Å². The summed E-state index contributed by atoms with van der Waals surface area (Å²) >= 11 is 0. The number of aromatic nitrogens is 4. The number of imidazole rings is 1. The molecule has 3 atom stereocenters. The van der Waals surface area contributed by atoms with Crippen LogP contribution < -0.4 is 11.3 Å². The molecule has 12 nitrogen and oxygen atoms in total. The van der Waals surface area contributed by atoms with Gasteiger partial charge in [0.05, 0.1) is 12.9 Å². The molecular weight excluding hydrogens is 514 g/mol. The van der Waals surface area contributed by atoms with E-state index in [4.69, 9.17) is 23.4 Å². The number of nitrogens with one attached hydrogen (secondary N) is 1. The van der Waals surface area contributed by atoms with Gasteiger partial charge in [0.1, 0.15) is 18.5 Å². The molecule has 14 heteroatoms. The van der Waals surface area contributed by atoms with E-state index in [-0.39, 0.29) is 45.9 Å². The number of ether oxygens (including phenoxy) is 1. The number of nitrogen functional groups attached to an aromatic ring is 1. The van der Waals surface area contributed by atoms with E-state index in [1.165, 1.54) is 10.9 Å². The average molecular weight is 554 g/mol. The fourth-order valence-electron chi connectivity index (χ4n) is 5.01. The Kier molecular flexibility index (Phi) is 8.91. The lowest BCUT2D eigenvalue weighted by molar-refractivity contribution is -0.151. The first-order valence-electron chi connectivity index (χ1n) is 12.6. The van der Waals surface area contributed by atoms with Crippen LogP contribution in [-0.4, -0.2) is 68.0 Å². The summed E-state index contributed by atoms with van der Waals surface area (Å²) in [6.45, 7) is 16.5. The van der Waals surface area contributed by atoms with Crippen molar-refractivity contribution in [2.75, 3.05) is 12.3 Å². The first kappa shape index (κ1) is 29.3. The number of rotatable bonds is 9. The molecule has 3 rings (SSSR count). The maximum absolute atomic E-state index is 12.4. The number of hydrogen-bond donors (Lipinski definition) is 2. The highest BCUT2D eigenvalue weighted by Gasteiger charge is 2.59. The highest BCUT2D eigenvalue weighted by Crippen LogP contribution is 2.46. The summed E-state index contributed by atoms with van der Waals surface area (Å²) in [6, 6.07) is 0. The van der Waals surface area contributed by atoms with Gasteiger partial charge in [-0.2, -0.15) is 4.98 Å². The zero-order valence-corrected chi connectivity index (χ0v) is 24.8. The van der Waals surface area contributed by atoms with Crippen molar-refractivity contribution in [3.8, 4) is 0 Å². The molecule has 1 saturated heterocycles. The van der Waals surface area contributed by atoms with E-state index in [1.807, 2.05) is 27.7 Å². The molecule has 0 radical (unpaired) electrons. The van der Waals surface area contributed by atoms with Crippen LogP contribution in [0.5, 0.6) is 0 Å². The molecule has 3 N–H and O–H groups in total. The summed E-state index contributed by atoms with van der Waals surface area (Å²) in [6.07, 6.45) is -0.733. The molecule has 0 bridgehead atoms. The zero-order chi connectivity index (χ0) is 27.7. The van der Waals surface area contributed by atoms with Gasteiger partial charge in [0.15, 0.2) is 23.7 Å². The van der Waals surface area contributed by atoms with Crippen LogP contribution in [0.25, 0.3) is 11.2 Å². The third kappa shape index (κ3) is 5.35. The van der Waals surface area contributed by atoms with E-state index in [1.54, 1.807) is 0 Å². The van der Waals surface area contributed by atoms with Gasteiger partial charge in [-0.1, -0.05) is 55.4 Å². The second-order valence-electron chi connectivity index (χ2n) is 10.7. The largest absolute Gasteiger partial charge is 0.414 e. The molecule has 0 saturated carbocycles. The molecule has 1 aliphatic heterocycles. The van der Waals surface area contributed by atoms with E-state index in [0.717, 1.165) is 0 Å². The van der Waals surface area contributed by atoms with Crippen LogP contribution in [0.2, 0.25) is 22.2 Å². The molecule has 3 heterocycles. The van der Waals surface area contributed by atoms with Crippen molar-refractivity contribution in [2.45, 2.75) is 96.0 Å². The van der Waals surface area contributed by atoms with Gasteiger partial charge in [0.2, 0.25) is 5.95 Å². The Morgan fingerprint density at radius 1 is 1.08 bits per heavy atom. The van der Waals surface area contributed by atoms with Crippen molar-refractivity contribution in [2.24, 2.45) is 0 Å². The number of H-pyrrole nitrogens is 1. The predicted octanol–water partition coefficient (Wildman–Crippen LogP) is 2.94. The summed E-state index contributed by atoms with van der Waals surface area (Å²) < 4.78 is 27.8. The van der Waals surface area contributed by atoms with Gasteiger partial charge in [0, 0.05) is 0 Å². The minimum Gasteiger partial charge on any atom is -0.414 e. The topological polar surface area (TPSA) is 161 Å². The Morgan fingerprint density at radius 2 is 1.68 bits per heavy atom. The van der Waals surface area contributed by atoms with Crippen LogP contribution in [-0.2, 0) is 27.3 Å². The molecule has 1 aliphatic rings. The Morgan fingerprint density at radius 3 is 2.19 bits per heavy atom. The van der Waals surface area contributed by atoms with Crippen molar-refractivity contribution in [1.82, 2.24) is 19.5 Å². The summed E-state index contributed by atoms with van der Waals surface area (Å²) in [4.78, 5) is 47.4. The molecule has 1 fully saturated rings. The summed E-state index contributed by atoms with van der Waals surface area (Å²) in [5.41, 5.74) is 5.46. The quantitative estimate of drug-likeness (QED) is 0.349. The number of carbonyl (C=O) groups is 2. The van der Waals surface area contributed by atoms with Crippen LogP contribution >= 0.6 is 0 Å². The van der Waals surface area contributed by atoms with E-state index < -0.39 is 41.1 Å². The molecule has 206 valence electrons. The summed E-state index contributed by atoms with van der Waals surface area (Å²) in [7, 11) is -5.94. The number of anilines is 1. The molecule has 0 unspecified atom stereocenters. The Balaban J connectivity index is 2.09. The van der Waals surface area contributed by atoms with Crippen LogP contribution in [0, 0.1) is 0 Å². The van der Waals surface area contributed by atoms with E-state index in [9.17, 15) is 14.4 Å². The second-order valence-corrected chi connectivity index (χ2v) is 19.5. The predicted molar refractivity (Wildman–Crippen MR) is 142 cm³/mol. The second kappa shape index (κ2) is 11.2. The minimum absolute atomic E-state index is 0.00670. The first-order valence-corrected chi connectivity index (χ1v) is 16.6. The number of nitrogens with two attached hydrogens (primary N) is 1. The van der Waals surface area contributed by atoms with Crippen LogP contribution in [0.3, 0.4) is 0 Å². The molecule has 2 aromatic rings. The Hall–Kier alpha value is -2.24. The number of nitrogens with zero attached hydrogens (tertiary/aromatic N) is 3. The lowest BCUT2D eigenvalue weighted by atomic mass is 10.2. The third-order valence-corrected chi connectivity index (χ3v) is 17.2. The molecule has 2 aromatic heterocycles. The lowest BCUT2D eigenvalue weighted by Gasteiger charge is -2.51. The van der Waals surface area contributed by atoms with Gasteiger partial charge in [-0.25, -0.2) is 4.98 Å². The fraction of sp³-hybridized carbons (Fsp3) is 0.696. The normalized spacial score (nSPS) is 22.9. The zero-order valence-electron chi connectivity index (χ0n) is 22.8. The van der Waals surface area contributed by atoms with E-state index >= 15 is 0 Å². The van der Waals surface area contributed by atoms with Crippen molar-refractivity contribution >= 4 is 46.8 Å². The SMILES string of the molecule is CC(C)[Si]1(C(C)C)OC[C@@H](O[C@H](C=O)n2cnc3c(=O)[nH]c(N)nc32)[C@@H](C=O)O[Si](C(C)C)(C(C)C)O1. The number of hydrogen-bond acceptors (Lipinski definition) is 10. The summed E-state index contributed by atoms with van der Waals surface area (Å²) in [5.74, 6) is -0.126. The molecular formula is C23H39N5O7Si2. The fourth-order valence-corrected chi connectivity index (χ4v) is 16.1. The maximum Gasteiger partial charge on any atom is 0.335 e. The monoisotopic (exact) mass is 553 g/mol. The Bertz CT molecular complexity index is 1150. The molecule has 0 aliphatic carbocycles. The van der Waals surface area contributed by atoms with E-state index in [0.29, 0.717) is 12.6 Å². The number of fused-ring (bicyclic) bond motifs is 1. The lowest BCUT2D eigenvalue weighted by Crippen LogP contribution is -2.66. The summed E-state index contributed by atoms with van der Waals surface area (Å²) in [5, 5.41) is 0. The van der Waals surface area contributed by atoms with E-state index in [2.05, 4.69) is 42.6 Å². The minimum atomic E-state index is -3.05. The van der Waals surface area contributed by atoms with Crippen molar-refractivity contribution < 1.29 is 27.3 Å². The van der Waals surface area contributed by atoms with Gasteiger partial charge >= 0.3 is 17.1 Å². The highest BCUT2D eigenvalue weighted by molar-refractivity contribution is 6.84. The highest BCUT2D eigenvalue weighted by atomic mass is 28.5. The number of aromatic amines is 1. The molecule has 0 aromatic carbocycles. The van der Waals surface area contributed by atoms with Crippen LogP contribution in [0.15, 0.2) is 11.1 Å². The average Bonchev–Trinajstić information content (AvgIpc) is 3.22. The van der Waals surface area contributed by atoms with Crippen molar-refractivity contribution in [3.05, 3.63) is 16.7 Å². The standard InChI is InChI=1S/C23H39N5O7Si2/c1-13(2)36(14(3)4)32-11-18(17(9-29)34-37(35-36,15(5)6)16(7)8)33-19(10-30)28-12-25-20-21(28)26-23(24)27-22(20)31/h9-10,12-19H,11H2,1-8H3,(H3,24,26,27,31)/t17-,18-,19-/m1/s1. The molecule has 37 heavy (non-hydrogen) atoms. The number of carbonyl (C=O) groups excluding carboxylic acids is 2. The smallest absolute Gasteiger partial charge is 0.335 e. The number of aldehydes is 2. The third-order valence-electron chi connectivity index (χ3n) is 6.99.